The van der Waals surface area contributed by atoms with Gasteiger partial charge in [0.05, 0.1) is 5.56 Å². The van der Waals surface area contributed by atoms with Crippen molar-refractivity contribution in [2.24, 2.45) is 5.92 Å². The summed E-state index contributed by atoms with van der Waals surface area (Å²) in [6.07, 6.45) is 7.08. The molecule has 0 aromatic heterocycles. The van der Waals surface area contributed by atoms with E-state index in [0.717, 1.165) is 37.4 Å². The molecular formula is C24H24Cl2FNO3. The average Bonchev–Trinajstić information content (AvgIpc) is 3.11. The molecule has 31 heavy (non-hydrogen) atoms. The van der Waals surface area contributed by atoms with Gasteiger partial charge in [0.25, 0.3) is 0 Å². The molecule has 0 bridgehead atoms. The minimum atomic E-state index is -1.32. The Balaban J connectivity index is 1.52. The van der Waals surface area contributed by atoms with Crippen LogP contribution >= 0.6 is 23.2 Å². The van der Waals surface area contributed by atoms with Gasteiger partial charge in [-0.2, -0.15) is 0 Å². The molecule has 2 aromatic carbocycles. The zero-order valence-corrected chi connectivity index (χ0v) is 18.6. The summed E-state index contributed by atoms with van der Waals surface area (Å²) in [4.78, 5) is 26.1. The summed E-state index contributed by atoms with van der Waals surface area (Å²) in [6.45, 7) is 0.788. The second-order valence-corrected chi connectivity index (χ2v) is 9.25. The van der Waals surface area contributed by atoms with Gasteiger partial charge < -0.3 is 10.0 Å². The molecule has 1 unspecified atom stereocenters. The van der Waals surface area contributed by atoms with E-state index in [1.54, 1.807) is 12.1 Å². The first-order valence-corrected chi connectivity index (χ1v) is 11.4. The van der Waals surface area contributed by atoms with Crippen LogP contribution in [0, 0.1) is 11.7 Å². The number of amides is 1. The maximum atomic E-state index is 14.1. The van der Waals surface area contributed by atoms with Crippen LogP contribution in [0.25, 0.3) is 11.1 Å². The maximum Gasteiger partial charge on any atom is 0.338 e. The quantitative estimate of drug-likeness (QED) is 0.572. The number of rotatable bonds is 5. The van der Waals surface area contributed by atoms with E-state index in [4.69, 9.17) is 28.3 Å². The second kappa shape index (κ2) is 9.17. The fourth-order valence-corrected chi connectivity index (χ4v) is 5.43. The highest BCUT2D eigenvalue weighted by atomic mass is 35.5. The van der Waals surface area contributed by atoms with Crippen molar-refractivity contribution < 1.29 is 19.1 Å². The van der Waals surface area contributed by atoms with E-state index >= 15 is 0 Å². The molecule has 4 rings (SSSR count). The van der Waals surface area contributed by atoms with Crippen molar-refractivity contribution in [3.05, 3.63) is 57.3 Å². The van der Waals surface area contributed by atoms with Crippen LogP contribution in [-0.4, -0.2) is 34.5 Å². The van der Waals surface area contributed by atoms with Crippen molar-refractivity contribution in [2.45, 2.75) is 51.0 Å². The van der Waals surface area contributed by atoms with Crippen LogP contribution in [0.1, 0.15) is 54.4 Å². The fourth-order valence-electron chi connectivity index (χ4n) is 4.79. The first-order chi connectivity index (χ1) is 14.8. The lowest BCUT2D eigenvalue weighted by Gasteiger charge is -2.31. The molecule has 4 nitrogen and oxygen atoms in total. The Morgan fingerprint density at radius 1 is 1.03 bits per heavy atom. The van der Waals surface area contributed by atoms with Crippen LogP contribution in [0.4, 0.5) is 4.39 Å². The lowest BCUT2D eigenvalue weighted by atomic mass is 9.93. The summed E-state index contributed by atoms with van der Waals surface area (Å²) in [5.74, 6) is -2.08. The third kappa shape index (κ3) is 4.58. The summed E-state index contributed by atoms with van der Waals surface area (Å²) in [5, 5.41) is 9.85. The van der Waals surface area contributed by atoms with Gasteiger partial charge in [0, 0.05) is 28.5 Å². The molecule has 1 aliphatic carbocycles. The highest BCUT2D eigenvalue weighted by Crippen LogP contribution is 2.37. The first kappa shape index (κ1) is 22.1. The lowest BCUT2D eigenvalue weighted by Crippen LogP contribution is -2.39. The van der Waals surface area contributed by atoms with E-state index < -0.39 is 11.8 Å². The van der Waals surface area contributed by atoms with Gasteiger partial charge in [-0.15, -0.1) is 0 Å². The number of aromatic carboxylic acids is 1. The van der Waals surface area contributed by atoms with Crippen LogP contribution in [0.15, 0.2) is 30.3 Å². The highest BCUT2D eigenvalue weighted by Gasteiger charge is 2.36. The van der Waals surface area contributed by atoms with E-state index in [2.05, 4.69) is 0 Å². The standard InChI is InChI=1S/C24H24Cl2FNO3/c25-20-11-16(14-6-7-18(24(30)31)22(27)13-14)12-21(26)19(20)10-15-8-9-28(23(15)29)17-4-2-1-3-5-17/h6-7,11-13,15,17H,1-5,8-10H2,(H,30,31). The van der Waals surface area contributed by atoms with E-state index in [1.807, 2.05) is 4.90 Å². The molecule has 0 radical (unpaired) electrons. The number of hydrogen-bond donors (Lipinski definition) is 1. The SMILES string of the molecule is O=C(O)c1ccc(-c2cc(Cl)c(CC3CCN(C4CCCCC4)C3=O)c(Cl)c2)cc1F. The minimum Gasteiger partial charge on any atom is -0.478 e. The van der Waals surface area contributed by atoms with Crippen LogP contribution in [0.3, 0.4) is 0 Å². The number of halogens is 3. The number of benzene rings is 2. The normalized spacial score (nSPS) is 19.8. The average molecular weight is 464 g/mol. The minimum absolute atomic E-state index is 0.130. The molecule has 1 atom stereocenters. The van der Waals surface area contributed by atoms with Crippen molar-refractivity contribution >= 4 is 35.1 Å². The number of hydrogen-bond acceptors (Lipinski definition) is 2. The number of likely N-dealkylation sites (tertiary alicyclic amines) is 1. The molecule has 2 aliphatic rings. The zero-order chi connectivity index (χ0) is 22.1. The highest BCUT2D eigenvalue weighted by molar-refractivity contribution is 6.36. The van der Waals surface area contributed by atoms with Crippen molar-refractivity contribution in [1.29, 1.82) is 0 Å². The van der Waals surface area contributed by atoms with Gasteiger partial charge in [-0.1, -0.05) is 48.5 Å². The molecule has 1 heterocycles. The van der Waals surface area contributed by atoms with E-state index in [-0.39, 0.29) is 17.4 Å². The van der Waals surface area contributed by atoms with Gasteiger partial charge in [-0.3, -0.25) is 4.79 Å². The van der Waals surface area contributed by atoms with Gasteiger partial charge in [0.15, 0.2) is 0 Å². The van der Waals surface area contributed by atoms with Gasteiger partial charge in [-0.05, 0) is 66.6 Å². The van der Waals surface area contributed by atoms with E-state index in [9.17, 15) is 14.0 Å². The number of carboxylic acid groups (broad SMARTS) is 1. The summed E-state index contributed by atoms with van der Waals surface area (Å²) in [6, 6.07) is 7.65. The van der Waals surface area contributed by atoms with E-state index in [1.165, 1.54) is 31.4 Å². The molecule has 1 aliphatic heterocycles. The topological polar surface area (TPSA) is 57.6 Å². The molecule has 164 valence electrons. The monoisotopic (exact) mass is 463 g/mol. The maximum absolute atomic E-state index is 14.1. The molecule has 1 saturated heterocycles. The van der Waals surface area contributed by atoms with Crippen LogP contribution < -0.4 is 0 Å². The third-order valence-corrected chi connectivity index (χ3v) is 7.17. The predicted molar refractivity (Wildman–Crippen MR) is 119 cm³/mol. The third-order valence-electron chi connectivity index (χ3n) is 6.49. The molecule has 2 aromatic rings. The summed E-state index contributed by atoms with van der Waals surface area (Å²) >= 11 is 13.0. The lowest BCUT2D eigenvalue weighted by molar-refractivity contribution is -0.133. The smallest absolute Gasteiger partial charge is 0.338 e. The Kier molecular flexibility index (Phi) is 6.54. The fraction of sp³-hybridized carbons (Fsp3) is 0.417. The largest absolute Gasteiger partial charge is 0.478 e. The Bertz CT molecular complexity index is 997. The number of nitrogens with zero attached hydrogens (tertiary/aromatic N) is 1. The Morgan fingerprint density at radius 3 is 2.32 bits per heavy atom. The van der Waals surface area contributed by atoms with Gasteiger partial charge in [0.2, 0.25) is 5.91 Å². The van der Waals surface area contributed by atoms with Crippen molar-refractivity contribution in [1.82, 2.24) is 4.90 Å². The Labute approximate surface area is 191 Å². The van der Waals surface area contributed by atoms with Crippen LogP contribution in [-0.2, 0) is 11.2 Å². The molecule has 2 fully saturated rings. The second-order valence-electron chi connectivity index (χ2n) is 8.43. The Morgan fingerprint density at radius 2 is 1.71 bits per heavy atom. The molecule has 7 heteroatoms. The first-order valence-electron chi connectivity index (χ1n) is 10.7. The molecule has 0 spiro atoms. The zero-order valence-electron chi connectivity index (χ0n) is 17.0. The van der Waals surface area contributed by atoms with Crippen LogP contribution in [0.2, 0.25) is 10.0 Å². The van der Waals surface area contributed by atoms with Crippen molar-refractivity contribution in [3.8, 4) is 11.1 Å². The summed E-state index contributed by atoms with van der Waals surface area (Å²) < 4.78 is 14.1. The number of carboxylic acids is 1. The predicted octanol–water partition coefficient (Wildman–Crippen LogP) is 6.22. The summed E-state index contributed by atoms with van der Waals surface area (Å²) in [5.41, 5.74) is 1.41. The van der Waals surface area contributed by atoms with Gasteiger partial charge >= 0.3 is 5.97 Å². The molecule has 1 amide bonds. The van der Waals surface area contributed by atoms with Gasteiger partial charge in [0.1, 0.15) is 5.82 Å². The molecular weight excluding hydrogens is 440 g/mol. The number of carbonyl (C=O) groups excluding carboxylic acids is 1. The van der Waals surface area contributed by atoms with Crippen molar-refractivity contribution in [2.75, 3.05) is 6.54 Å². The summed E-state index contributed by atoms with van der Waals surface area (Å²) in [7, 11) is 0. The Hall–Kier alpha value is -2.11. The van der Waals surface area contributed by atoms with Crippen LogP contribution in [0.5, 0.6) is 0 Å². The van der Waals surface area contributed by atoms with Crippen molar-refractivity contribution in [3.63, 3.8) is 0 Å². The molecule has 1 saturated carbocycles. The molecule has 1 N–H and O–H groups in total. The van der Waals surface area contributed by atoms with E-state index in [0.29, 0.717) is 33.6 Å². The van der Waals surface area contributed by atoms with Gasteiger partial charge in [-0.25, -0.2) is 9.18 Å². The number of carbonyl (C=O) groups is 2.